The largest absolute Gasteiger partial charge is 0.448 e. The Morgan fingerprint density at radius 3 is 2.48 bits per heavy atom. The summed E-state index contributed by atoms with van der Waals surface area (Å²) in [5, 5.41) is 6.82. The van der Waals surface area contributed by atoms with Crippen molar-refractivity contribution in [2.45, 2.75) is 25.1 Å². The van der Waals surface area contributed by atoms with Crippen LogP contribution < -0.4 is 0 Å². The van der Waals surface area contributed by atoms with E-state index < -0.39 is 23.3 Å². The zero-order valence-electron chi connectivity index (χ0n) is 16.3. The number of amides is 2. The van der Waals surface area contributed by atoms with Crippen LogP contribution >= 0.6 is 27.5 Å². The highest BCUT2D eigenvalue weighted by Crippen LogP contribution is 2.36. The number of nitrogens with zero attached hydrogens (tertiary/aromatic N) is 4. The second-order valence-corrected chi connectivity index (χ2v) is 8.12. The molecule has 4 heterocycles. The van der Waals surface area contributed by atoms with E-state index in [1.165, 1.54) is 11.1 Å². The SMILES string of the molecule is CO.O=C(c1nc2c(C(F)(F)F)cc(Br)cn2c1Cl)N1CCC(N2CCOC2=O)CC1. The van der Waals surface area contributed by atoms with Gasteiger partial charge in [0.1, 0.15) is 11.8 Å². The molecule has 2 amide bonds. The summed E-state index contributed by atoms with van der Waals surface area (Å²) in [6, 6.07) is 0.867. The molecule has 0 radical (unpaired) electrons. The molecule has 2 aromatic rings. The standard InChI is InChI=1S/C17H15BrClF3N4O3.CH4O/c18-9-7-11(17(20,21)22)14-23-12(13(19)26(14)8-9)15(27)24-3-1-10(2-4-24)25-5-6-29-16(25)28;1-2/h7-8,10H,1-6H2;2H,1H3. The minimum Gasteiger partial charge on any atom is -0.448 e. The van der Waals surface area contributed by atoms with E-state index in [0.29, 0.717) is 39.1 Å². The average molecular weight is 528 g/mol. The number of pyridine rings is 1. The molecule has 13 heteroatoms. The molecule has 2 aliphatic heterocycles. The Kier molecular flexibility index (Phi) is 7.01. The highest BCUT2D eigenvalue weighted by molar-refractivity contribution is 9.10. The topological polar surface area (TPSA) is 87.4 Å². The number of aliphatic hydroxyl groups excluding tert-OH is 1. The third kappa shape index (κ3) is 4.60. The summed E-state index contributed by atoms with van der Waals surface area (Å²) in [6.45, 7) is 1.55. The number of piperidine rings is 1. The fourth-order valence-corrected chi connectivity index (χ4v) is 4.38. The summed E-state index contributed by atoms with van der Waals surface area (Å²) in [5.74, 6) is -0.537. The molecule has 2 fully saturated rings. The molecule has 0 aromatic carbocycles. The lowest BCUT2D eigenvalue weighted by molar-refractivity contribution is -0.136. The smallest absolute Gasteiger partial charge is 0.420 e. The Morgan fingerprint density at radius 2 is 1.94 bits per heavy atom. The molecule has 2 aliphatic rings. The van der Waals surface area contributed by atoms with Crippen LogP contribution in [0.2, 0.25) is 5.15 Å². The van der Waals surface area contributed by atoms with Crippen molar-refractivity contribution >= 4 is 45.2 Å². The van der Waals surface area contributed by atoms with Crippen molar-refractivity contribution in [1.82, 2.24) is 19.2 Å². The number of cyclic esters (lactones) is 1. The first-order valence-electron chi connectivity index (χ1n) is 9.28. The Hall–Kier alpha value is -2.05. The van der Waals surface area contributed by atoms with Gasteiger partial charge < -0.3 is 19.6 Å². The number of hydrogen-bond acceptors (Lipinski definition) is 5. The van der Waals surface area contributed by atoms with Crippen molar-refractivity contribution in [3.8, 4) is 0 Å². The molecule has 2 saturated heterocycles. The van der Waals surface area contributed by atoms with Crippen LogP contribution in [0.3, 0.4) is 0 Å². The maximum absolute atomic E-state index is 13.4. The first-order valence-corrected chi connectivity index (χ1v) is 10.5. The Balaban J connectivity index is 0.00000132. The van der Waals surface area contributed by atoms with Gasteiger partial charge in [0.15, 0.2) is 11.3 Å². The Labute approximate surface area is 188 Å². The summed E-state index contributed by atoms with van der Waals surface area (Å²) in [6.07, 6.45) is -2.58. The van der Waals surface area contributed by atoms with Gasteiger partial charge in [-0.1, -0.05) is 11.6 Å². The number of halogens is 5. The van der Waals surface area contributed by atoms with E-state index in [4.69, 9.17) is 21.4 Å². The number of ether oxygens (including phenoxy) is 1. The van der Waals surface area contributed by atoms with E-state index in [-0.39, 0.29) is 27.5 Å². The van der Waals surface area contributed by atoms with Crippen LogP contribution in [0, 0.1) is 0 Å². The molecular formula is C18H19BrClF3N4O4. The van der Waals surface area contributed by atoms with Crippen molar-refractivity contribution in [3.63, 3.8) is 0 Å². The fourth-order valence-electron chi connectivity index (χ4n) is 3.70. The molecule has 1 N–H and O–H groups in total. The maximum Gasteiger partial charge on any atom is 0.420 e. The third-order valence-corrected chi connectivity index (χ3v) is 5.92. The number of hydrogen-bond donors (Lipinski definition) is 1. The van der Waals surface area contributed by atoms with Crippen LogP contribution in [-0.2, 0) is 10.9 Å². The number of carbonyl (C=O) groups is 2. The number of likely N-dealkylation sites (tertiary alicyclic amines) is 1. The molecule has 2 aromatic heterocycles. The molecule has 8 nitrogen and oxygen atoms in total. The predicted octanol–water partition coefficient (Wildman–Crippen LogP) is 3.43. The Bertz CT molecular complexity index is 992. The monoisotopic (exact) mass is 526 g/mol. The van der Waals surface area contributed by atoms with Gasteiger partial charge >= 0.3 is 12.3 Å². The highest BCUT2D eigenvalue weighted by Gasteiger charge is 2.37. The number of imidazole rings is 1. The third-order valence-electron chi connectivity index (χ3n) is 5.12. The molecular weight excluding hydrogens is 509 g/mol. The van der Waals surface area contributed by atoms with Gasteiger partial charge in [0.05, 0.1) is 12.1 Å². The van der Waals surface area contributed by atoms with Crippen molar-refractivity contribution in [1.29, 1.82) is 0 Å². The molecule has 31 heavy (non-hydrogen) atoms. The van der Waals surface area contributed by atoms with Crippen LogP contribution in [0.4, 0.5) is 18.0 Å². The minimum atomic E-state index is -4.65. The lowest BCUT2D eigenvalue weighted by Crippen LogP contribution is -2.47. The molecule has 0 saturated carbocycles. The first-order chi connectivity index (χ1) is 14.7. The number of aliphatic hydroxyl groups is 1. The molecule has 0 aliphatic carbocycles. The molecule has 0 unspecified atom stereocenters. The van der Waals surface area contributed by atoms with E-state index in [1.54, 1.807) is 4.90 Å². The van der Waals surface area contributed by atoms with Gasteiger partial charge in [-0.05, 0) is 34.8 Å². The molecule has 4 rings (SSSR count). The van der Waals surface area contributed by atoms with E-state index in [0.717, 1.165) is 17.6 Å². The summed E-state index contributed by atoms with van der Waals surface area (Å²) >= 11 is 9.24. The van der Waals surface area contributed by atoms with E-state index in [9.17, 15) is 22.8 Å². The van der Waals surface area contributed by atoms with E-state index >= 15 is 0 Å². The van der Waals surface area contributed by atoms with Crippen LogP contribution in [0.25, 0.3) is 5.65 Å². The molecule has 0 bridgehead atoms. The lowest BCUT2D eigenvalue weighted by atomic mass is 10.0. The fraction of sp³-hybridized carbons (Fsp3) is 0.500. The number of fused-ring (bicyclic) bond motifs is 1. The van der Waals surface area contributed by atoms with Gasteiger partial charge in [0.25, 0.3) is 5.91 Å². The van der Waals surface area contributed by atoms with Crippen LogP contribution in [0.1, 0.15) is 28.9 Å². The molecule has 0 atom stereocenters. The second kappa shape index (κ2) is 9.21. The van der Waals surface area contributed by atoms with Crippen LogP contribution in [0.15, 0.2) is 16.7 Å². The highest BCUT2D eigenvalue weighted by atomic mass is 79.9. The van der Waals surface area contributed by atoms with E-state index in [1.807, 2.05) is 0 Å². The summed E-state index contributed by atoms with van der Waals surface area (Å²) in [7, 11) is 1.00. The second-order valence-electron chi connectivity index (χ2n) is 6.85. The van der Waals surface area contributed by atoms with Gasteiger partial charge in [0, 0.05) is 36.9 Å². The van der Waals surface area contributed by atoms with Crippen molar-refractivity contribution in [2.75, 3.05) is 33.4 Å². The van der Waals surface area contributed by atoms with Crippen molar-refractivity contribution < 1.29 is 32.6 Å². The first kappa shape index (κ1) is 23.6. The number of rotatable bonds is 2. The lowest BCUT2D eigenvalue weighted by Gasteiger charge is -2.35. The predicted molar refractivity (Wildman–Crippen MR) is 108 cm³/mol. The average Bonchev–Trinajstić information content (AvgIpc) is 3.31. The Morgan fingerprint density at radius 1 is 1.29 bits per heavy atom. The summed E-state index contributed by atoms with van der Waals surface area (Å²) in [5.41, 5.74) is -1.64. The maximum atomic E-state index is 13.4. The summed E-state index contributed by atoms with van der Waals surface area (Å²) < 4.78 is 46.2. The number of alkyl halides is 3. The van der Waals surface area contributed by atoms with Crippen molar-refractivity contribution in [3.05, 3.63) is 33.1 Å². The van der Waals surface area contributed by atoms with Crippen LogP contribution in [0.5, 0.6) is 0 Å². The van der Waals surface area contributed by atoms with Gasteiger partial charge in [-0.25, -0.2) is 9.78 Å². The minimum absolute atomic E-state index is 0.0293. The van der Waals surface area contributed by atoms with E-state index in [2.05, 4.69) is 20.9 Å². The molecule has 0 spiro atoms. The van der Waals surface area contributed by atoms with Gasteiger partial charge in [0.2, 0.25) is 0 Å². The number of carbonyl (C=O) groups excluding carboxylic acids is 2. The zero-order valence-corrected chi connectivity index (χ0v) is 18.7. The van der Waals surface area contributed by atoms with Gasteiger partial charge in [-0.2, -0.15) is 13.2 Å². The molecule has 170 valence electrons. The van der Waals surface area contributed by atoms with Crippen LogP contribution in [-0.4, -0.2) is 75.7 Å². The summed E-state index contributed by atoms with van der Waals surface area (Å²) in [4.78, 5) is 31.6. The quantitative estimate of drug-likeness (QED) is 0.647. The normalized spacial score (nSPS) is 17.6. The van der Waals surface area contributed by atoms with Gasteiger partial charge in [-0.15, -0.1) is 0 Å². The van der Waals surface area contributed by atoms with Crippen molar-refractivity contribution in [2.24, 2.45) is 0 Å². The number of aromatic nitrogens is 2. The van der Waals surface area contributed by atoms with Gasteiger partial charge in [-0.3, -0.25) is 9.20 Å². The zero-order chi connectivity index (χ0) is 22.9.